The molecule has 144 valence electrons. The van der Waals surface area contributed by atoms with Gasteiger partial charge in [-0.2, -0.15) is 0 Å². The number of nitrogens with zero attached hydrogens (tertiary/aromatic N) is 5. The molecule has 1 aliphatic rings. The lowest BCUT2D eigenvalue weighted by atomic mass is 10.1. The molecule has 0 radical (unpaired) electrons. The number of hydrogen-bond donors (Lipinski definition) is 1. The third kappa shape index (κ3) is 4.91. The van der Waals surface area contributed by atoms with Gasteiger partial charge in [0.25, 0.3) is 0 Å². The number of hydrogen-bond acceptors (Lipinski definition) is 7. The van der Waals surface area contributed by atoms with Gasteiger partial charge in [0.1, 0.15) is 6.33 Å². The minimum atomic E-state index is -0.389. The lowest BCUT2D eigenvalue weighted by molar-refractivity contribution is -0.383. The predicted octanol–water partition coefficient (Wildman–Crippen LogP) is 2.92. The summed E-state index contributed by atoms with van der Waals surface area (Å²) in [5.74, 6) is 0.658. The van der Waals surface area contributed by atoms with Crippen LogP contribution in [0.15, 0.2) is 36.7 Å². The van der Waals surface area contributed by atoms with E-state index >= 15 is 0 Å². The first-order valence-electron chi connectivity index (χ1n) is 9.12. The van der Waals surface area contributed by atoms with Crippen molar-refractivity contribution in [2.75, 3.05) is 36.4 Å². The quantitative estimate of drug-likeness (QED) is 0.639. The summed E-state index contributed by atoms with van der Waals surface area (Å²) < 4.78 is 0. The summed E-state index contributed by atoms with van der Waals surface area (Å²) in [6, 6.07) is 10.3. The van der Waals surface area contributed by atoms with Gasteiger partial charge in [-0.05, 0) is 26.3 Å². The molecule has 0 bridgehead atoms. The third-order valence-corrected chi connectivity index (χ3v) is 4.40. The van der Waals surface area contributed by atoms with Gasteiger partial charge in [-0.25, -0.2) is 9.97 Å². The molecule has 0 amide bonds. The highest BCUT2D eigenvalue weighted by molar-refractivity contribution is 5.70. The highest BCUT2D eigenvalue weighted by Gasteiger charge is 2.30. The first-order valence-corrected chi connectivity index (χ1v) is 9.12. The molecule has 1 aromatic carbocycles. The van der Waals surface area contributed by atoms with Crippen molar-refractivity contribution in [1.29, 1.82) is 0 Å². The van der Waals surface area contributed by atoms with Crippen LogP contribution in [0.5, 0.6) is 0 Å². The normalized spacial score (nSPS) is 15.6. The van der Waals surface area contributed by atoms with Crippen LogP contribution in [0, 0.1) is 10.1 Å². The van der Waals surface area contributed by atoms with Crippen molar-refractivity contribution in [3.05, 3.63) is 52.3 Å². The molecular formula is C19H26N6O2. The smallest absolute Gasteiger partial charge is 0.353 e. The molecule has 1 fully saturated rings. The maximum absolute atomic E-state index is 11.7. The Hall–Kier alpha value is -2.74. The minimum absolute atomic E-state index is 0.0519. The molecular weight excluding hydrogens is 344 g/mol. The van der Waals surface area contributed by atoms with Crippen LogP contribution in [0.1, 0.15) is 26.3 Å². The zero-order valence-corrected chi connectivity index (χ0v) is 16.1. The summed E-state index contributed by atoms with van der Waals surface area (Å²) in [5, 5.41) is 14.8. The fourth-order valence-corrected chi connectivity index (χ4v) is 3.18. The van der Waals surface area contributed by atoms with E-state index in [2.05, 4.69) is 32.3 Å². The highest BCUT2D eigenvalue weighted by Crippen LogP contribution is 2.33. The molecule has 0 saturated carbocycles. The summed E-state index contributed by atoms with van der Waals surface area (Å²) >= 11 is 0. The summed E-state index contributed by atoms with van der Waals surface area (Å²) in [5.41, 5.74) is 0.893. The van der Waals surface area contributed by atoms with E-state index in [1.165, 1.54) is 11.9 Å². The van der Waals surface area contributed by atoms with Crippen molar-refractivity contribution in [3.8, 4) is 0 Å². The first-order chi connectivity index (χ1) is 12.8. The Bertz CT molecular complexity index is 783. The molecule has 3 rings (SSSR count). The van der Waals surface area contributed by atoms with Gasteiger partial charge in [-0.1, -0.05) is 30.3 Å². The number of piperazine rings is 1. The molecule has 0 spiro atoms. The zero-order chi connectivity index (χ0) is 19.4. The number of aromatic nitrogens is 2. The molecule has 2 heterocycles. The van der Waals surface area contributed by atoms with E-state index < -0.39 is 0 Å². The minimum Gasteiger partial charge on any atom is -0.360 e. The molecule has 0 aliphatic carbocycles. The Kier molecular flexibility index (Phi) is 5.55. The van der Waals surface area contributed by atoms with Crippen LogP contribution in [0.2, 0.25) is 0 Å². The van der Waals surface area contributed by atoms with Crippen molar-refractivity contribution < 1.29 is 4.92 Å². The number of nitrogens with one attached hydrogen (secondary N) is 1. The Balaban J connectivity index is 1.74. The molecule has 1 N–H and O–H groups in total. The number of anilines is 2. The van der Waals surface area contributed by atoms with E-state index in [-0.39, 0.29) is 22.0 Å². The van der Waals surface area contributed by atoms with E-state index in [1.807, 2.05) is 43.9 Å². The Morgan fingerprint density at radius 1 is 1.11 bits per heavy atom. The topological polar surface area (TPSA) is 87.4 Å². The van der Waals surface area contributed by atoms with Gasteiger partial charge < -0.3 is 10.2 Å². The average Bonchev–Trinajstić information content (AvgIpc) is 2.61. The van der Waals surface area contributed by atoms with Crippen LogP contribution in [0.25, 0.3) is 0 Å². The summed E-state index contributed by atoms with van der Waals surface area (Å²) in [4.78, 5) is 24.0. The molecule has 8 nitrogen and oxygen atoms in total. The van der Waals surface area contributed by atoms with Crippen LogP contribution < -0.4 is 10.2 Å². The molecule has 0 unspecified atom stereocenters. The number of nitro groups is 1. The van der Waals surface area contributed by atoms with Gasteiger partial charge in [0.05, 0.1) is 4.92 Å². The van der Waals surface area contributed by atoms with E-state index in [9.17, 15) is 10.1 Å². The van der Waals surface area contributed by atoms with Gasteiger partial charge in [0.15, 0.2) is 0 Å². The van der Waals surface area contributed by atoms with Crippen molar-refractivity contribution in [2.24, 2.45) is 0 Å². The highest BCUT2D eigenvalue weighted by atomic mass is 16.6. The van der Waals surface area contributed by atoms with Crippen LogP contribution in [0.3, 0.4) is 0 Å². The Labute approximate surface area is 159 Å². The zero-order valence-electron chi connectivity index (χ0n) is 16.1. The fraction of sp³-hybridized carbons (Fsp3) is 0.474. The Morgan fingerprint density at radius 3 is 2.37 bits per heavy atom. The average molecular weight is 370 g/mol. The molecule has 1 aliphatic heterocycles. The standard InChI is InChI=1S/C19H26N6O2/c1-19(2,3)22-17-16(25(26)27)18(21-14-20-17)24-11-9-23(10-12-24)13-15-7-5-4-6-8-15/h4-8,14H,9-13H2,1-3H3,(H,20,21,22). The monoisotopic (exact) mass is 370 g/mol. The second-order valence-electron chi connectivity index (χ2n) is 7.78. The Morgan fingerprint density at radius 2 is 1.78 bits per heavy atom. The first kappa shape index (κ1) is 19.0. The molecule has 0 atom stereocenters. The molecule has 2 aromatic rings. The van der Waals surface area contributed by atoms with E-state index in [1.54, 1.807) is 0 Å². The largest absolute Gasteiger partial charge is 0.360 e. The van der Waals surface area contributed by atoms with Crippen LogP contribution in [-0.4, -0.2) is 51.5 Å². The second kappa shape index (κ2) is 7.87. The van der Waals surface area contributed by atoms with Crippen molar-refractivity contribution >= 4 is 17.3 Å². The number of benzene rings is 1. The molecule has 27 heavy (non-hydrogen) atoms. The fourth-order valence-electron chi connectivity index (χ4n) is 3.18. The molecule has 1 aromatic heterocycles. The van der Waals surface area contributed by atoms with E-state index in [4.69, 9.17) is 0 Å². The second-order valence-corrected chi connectivity index (χ2v) is 7.78. The maximum atomic E-state index is 11.7. The maximum Gasteiger partial charge on any atom is 0.353 e. The van der Waals surface area contributed by atoms with Gasteiger partial charge >= 0.3 is 5.69 Å². The van der Waals surface area contributed by atoms with Gasteiger partial charge in [0.2, 0.25) is 11.6 Å². The van der Waals surface area contributed by atoms with Gasteiger partial charge in [0, 0.05) is 38.3 Å². The summed E-state index contributed by atoms with van der Waals surface area (Å²) in [7, 11) is 0. The summed E-state index contributed by atoms with van der Waals surface area (Å²) in [6.45, 7) is 9.77. The van der Waals surface area contributed by atoms with Crippen LogP contribution in [-0.2, 0) is 6.54 Å². The van der Waals surface area contributed by atoms with E-state index in [0.29, 0.717) is 18.9 Å². The molecule has 8 heteroatoms. The van der Waals surface area contributed by atoms with E-state index in [0.717, 1.165) is 19.6 Å². The van der Waals surface area contributed by atoms with Crippen molar-refractivity contribution in [1.82, 2.24) is 14.9 Å². The van der Waals surface area contributed by atoms with Crippen LogP contribution >= 0.6 is 0 Å². The lowest BCUT2D eigenvalue weighted by Crippen LogP contribution is -2.46. The van der Waals surface area contributed by atoms with Crippen LogP contribution in [0.4, 0.5) is 17.3 Å². The lowest BCUT2D eigenvalue weighted by Gasteiger charge is -2.35. The number of rotatable bonds is 5. The summed E-state index contributed by atoms with van der Waals surface area (Å²) in [6.07, 6.45) is 1.40. The van der Waals surface area contributed by atoms with Crippen molar-refractivity contribution in [3.63, 3.8) is 0 Å². The van der Waals surface area contributed by atoms with Gasteiger partial charge in [-0.15, -0.1) is 0 Å². The van der Waals surface area contributed by atoms with Crippen molar-refractivity contribution in [2.45, 2.75) is 32.9 Å². The van der Waals surface area contributed by atoms with Gasteiger partial charge in [-0.3, -0.25) is 15.0 Å². The SMILES string of the molecule is CC(C)(C)Nc1ncnc(N2CCN(Cc3ccccc3)CC2)c1[N+](=O)[O-]. The molecule has 1 saturated heterocycles. The third-order valence-electron chi connectivity index (χ3n) is 4.40. The predicted molar refractivity (Wildman–Crippen MR) is 106 cm³/mol.